The highest BCUT2D eigenvalue weighted by atomic mass is 16.1. The van der Waals surface area contributed by atoms with Gasteiger partial charge in [-0.3, -0.25) is 14.0 Å². The van der Waals surface area contributed by atoms with Crippen molar-refractivity contribution in [3.63, 3.8) is 0 Å². The maximum absolute atomic E-state index is 14.2. The third-order valence-electron chi connectivity index (χ3n) is 6.24. The first-order valence-electron chi connectivity index (χ1n) is 11.4. The predicted molar refractivity (Wildman–Crippen MR) is 137 cm³/mol. The molecular formula is C27H23N7O. The summed E-state index contributed by atoms with van der Waals surface area (Å²) in [6.07, 6.45) is 7.11. The van der Waals surface area contributed by atoms with Crippen LogP contribution < -0.4 is 10.9 Å². The Morgan fingerprint density at radius 2 is 1.83 bits per heavy atom. The number of fused-ring (bicyclic) bond motifs is 2. The number of hydrogen-bond donors (Lipinski definition) is 1. The summed E-state index contributed by atoms with van der Waals surface area (Å²) in [6.45, 7) is 2.03. The van der Waals surface area contributed by atoms with Crippen LogP contribution in [-0.2, 0) is 7.05 Å². The largest absolute Gasteiger partial charge is 0.360 e. The molecule has 172 valence electrons. The summed E-state index contributed by atoms with van der Waals surface area (Å²) in [7, 11) is 1.87. The first kappa shape index (κ1) is 20.9. The van der Waals surface area contributed by atoms with Crippen LogP contribution in [-0.4, -0.2) is 28.9 Å². The molecule has 0 aliphatic rings. The molecule has 6 rings (SSSR count). The fourth-order valence-corrected chi connectivity index (χ4v) is 4.60. The maximum Gasteiger partial charge on any atom is 0.263 e. The standard InChI is InChI=1S/C27H23N7O/c1-18(31-26-23-12-7-13-33(23)30-17-28-26)24-14-19-8-6-11-22(20-15-29-32(2)16-20)25(19)27(35)34(24)21-9-4-3-5-10-21/h3-18H,1-2H3,(H,28,30,31)/t18-/m0/s1. The predicted octanol–water partition coefficient (Wildman–Crippen LogP) is 4.61. The van der Waals surface area contributed by atoms with E-state index >= 15 is 0 Å². The van der Waals surface area contributed by atoms with Gasteiger partial charge in [0.1, 0.15) is 11.8 Å². The lowest BCUT2D eigenvalue weighted by Crippen LogP contribution is -2.26. The van der Waals surface area contributed by atoms with Gasteiger partial charge in [-0.2, -0.15) is 10.2 Å². The number of nitrogens with zero attached hydrogens (tertiary/aromatic N) is 6. The molecule has 0 saturated carbocycles. The van der Waals surface area contributed by atoms with Gasteiger partial charge in [-0.15, -0.1) is 0 Å². The van der Waals surface area contributed by atoms with Crippen molar-refractivity contribution in [3.8, 4) is 16.8 Å². The van der Waals surface area contributed by atoms with Gasteiger partial charge in [0.05, 0.1) is 17.6 Å². The van der Waals surface area contributed by atoms with E-state index in [0.29, 0.717) is 11.2 Å². The number of hydrogen-bond acceptors (Lipinski definition) is 5. The van der Waals surface area contributed by atoms with Crippen LogP contribution in [0.5, 0.6) is 0 Å². The molecule has 1 N–H and O–H groups in total. The summed E-state index contributed by atoms with van der Waals surface area (Å²) in [4.78, 5) is 18.6. The summed E-state index contributed by atoms with van der Waals surface area (Å²) >= 11 is 0. The second-order valence-electron chi connectivity index (χ2n) is 8.53. The van der Waals surface area contributed by atoms with Gasteiger partial charge in [-0.25, -0.2) is 9.50 Å². The minimum Gasteiger partial charge on any atom is -0.360 e. The summed E-state index contributed by atoms with van der Waals surface area (Å²) in [5.74, 6) is 0.703. The number of benzene rings is 2. The van der Waals surface area contributed by atoms with Crippen LogP contribution in [0.4, 0.5) is 5.82 Å². The number of para-hydroxylation sites is 1. The number of aromatic nitrogens is 6. The van der Waals surface area contributed by atoms with Crippen molar-refractivity contribution in [2.24, 2.45) is 7.05 Å². The van der Waals surface area contributed by atoms with E-state index in [9.17, 15) is 4.79 Å². The van der Waals surface area contributed by atoms with Crippen molar-refractivity contribution < 1.29 is 0 Å². The van der Waals surface area contributed by atoms with E-state index in [0.717, 1.165) is 33.4 Å². The number of nitrogens with one attached hydrogen (secondary N) is 1. The van der Waals surface area contributed by atoms with E-state index in [2.05, 4.69) is 26.6 Å². The number of pyridine rings is 1. The molecule has 2 aromatic carbocycles. The van der Waals surface area contributed by atoms with E-state index in [4.69, 9.17) is 0 Å². The molecular weight excluding hydrogens is 438 g/mol. The van der Waals surface area contributed by atoms with Crippen molar-refractivity contribution >= 4 is 22.1 Å². The van der Waals surface area contributed by atoms with Crippen molar-refractivity contribution in [1.82, 2.24) is 28.9 Å². The molecule has 35 heavy (non-hydrogen) atoms. The summed E-state index contributed by atoms with van der Waals surface area (Å²) in [5.41, 5.74) is 4.20. The highest BCUT2D eigenvalue weighted by molar-refractivity contribution is 5.96. The van der Waals surface area contributed by atoms with Gasteiger partial charge in [0, 0.05) is 36.4 Å². The zero-order chi connectivity index (χ0) is 23.9. The van der Waals surface area contributed by atoms with Gasteiger partial charge >= 0.3 is 0 Å². The number of anilines is 1. The molecule has 6 aromatic rings. The van der Waals surface area contributed by atoms with Gasteiger partial charge in [0.2, 0.25) is 0 Å². The fraction of sp³-hybridized carbons (Fsp3) is 0.111. The second-order valence-corrected chi connectivity index (χ2v) is 8.53. The van der Waals surface area contributed by atoms with Crippen LogP contribution in [0.1, 0.15) is 18.7 Å². The zero-order valence-corrected chi connectivity index (χ0v) is 19.3. The molecule has 4 heterocycles. The minimum absolute atomic E-state index is 0.0766. The third kappa shape index (κ3) is 3.56. The lowest BCUT2D eigenvalue weighted by atomic mass is 9.99. The van der Waals surface area contributed by atoms with Crippen molar-refractivity contribution in [1.29, 1.82) is 0 Å². The highest BCUT2D eigenvalue weighted by Crippen LogP contribution is 2.30. The number of aryl methyl sites for hydroxylation is 1. The monoisotopic (exact) mass is 461 g/mol. The molecule has 0 aliphatic heterocycles. The Morgan fingerprint density at radius 1 is 0.971 bits per heavy atom. The lowest BCUT2D eigenvalue weighted by Gasteiger charge is -2.22. The van der Waals surface area contributed by atoms with Crippen molar-refractivity contribution in [2.45, 2.75) is 13.0 Å². The second kappa shape index (κ2) is 8.25. The third-order valence-corrected chi connectivity index (χ3v) is 6.24. The summed E-state index contributed by atoms with van der Waals surface area (Å²) in [6, 6.07) is 21.4. The summed E-state index contributed by atoms with van der Waals surface area (Å²) < 4.78 is 5.30. The summed E-state index contributed by atoms with van der Waals surface area (Å²) in [5, 5.41) is 13.6. The van der Waals surface area contributed by atoms with Gasteiger partial charge in [0.15, 0.2) is 5.82 Å². The molecule has 0 bridgehead atoms. The van der Waals surface area contributed by atoms with Crippen molar-refractivity contribution in [2.75, 3.05) is 5.32 Å². The zero-order valence-electron chi connectivity index (χ0n) is 19.3. The molecule has 0 fully saturated rings. The molecule has 1 atom stereocenters. The average molecular weight is 462 g/mol. The Bertz CT molecular complexity index is 1730. The smallest absolute Gasteiger partial charge is 0.263 e. The van der Waals surface area contributed by atoms with Gasteiger partial charge in [-0.1, -0.05) is 36.4 Å². The Kier molecular flexibility index (Phi) is 4.92. The normalized spacial score (nSPS) is 12.3. The Labute approximate surface area is 201 Å². The molecule has 8 heteroatoms. The van der Waals surface area contributed by atoms with E-state index in [1.165, 1.54) is 6.33 Å². The molecule has 0 aliphatic carbocycles. The molecule has 0 amide bonds. The van der Waals surface area contributed by atoms with Crippen molar-refractivity contribution in [3.05, 3.63) is 108 Å². The Balaban J connectivity index is 1.57. The Hall–Kier alpha value is -4.72. The number of rotatable bonds is 5. The first-order chi connectivity index (χ1) is 17.1. The van der Waals surface area contributed by atoms with Gasteiger partial charge in [0.25, 0.3) is 5.56 Å². The van der Waals surface area contributed by atoms with Crippen LogP contribution >= 0.6 is 0 Å². The quantitative estimate of drug-likeness (QED) is 0.406. The topological polar surface area (TPSA) is 82.0 Å². The molecule has 0 unspecified atom stereocenters. The molecule has 0 saturated heterocycles. The molecule has 8 nitrogen and oxygen atoms in total. The maximum atomic E-state index is 14.2. The fourth-order valence-electron chi connectivity index (χ4n) is 4.60. The van der Waals surface area contributed by atoms with Crippen LogP contribution in [0.2, 0.25) is 0 Å². The molecule has 0 spiro atoms. The van der Waals surface area contributed by atoms with Gasteiger partial charge < -0.3 is 5.32 Å². The van der Waals surface area contributed by atoms with Crippen LogP contribution in [0.3, 0.4) is 0 Å². The van der Waals surface area contributed by atoms with Crippen LogP contribution in [0.25, 0.3) is 33.1 Å². The lowest BCUT2D eigenvalue weighted by molar-refractivity contribution is 0.768. The average Bonchev–Trinajstić information content (AvgIpc) is 3.53. The molecule has 4 aromatic heterocycles. The SMILES string of the molecule is C[C@H](Nc1ncnn2cccc12)c1cc2cccc(-c3cnn(C)c3)c2c(=O)n1-c1ccccc1. The van der Waals surface area contributed by atoms with E-state index in [1.807, 2.05) is 87.0 Å². The van der Waals surface area contributed by atoms with E-state index < -0.39 is 0 Å². The highest BCUT2D eigenvalue weighted by Gasteiger charge is 2.20. The van der Waals surface area contributed by atoms with Gasteiger partial charge in [-0.05, 0) is 48.2 Å². The molecule has 0 radical (unpaired) electrons. The van der Waals surface area contributed by atoms with Crippen LogP contribution in [0, 0.1) is 0 Å². The first-order valence-corrected chi connectivity index (χ1v) is 11.4. The van der Waals surface area contributed by atoms with Crippen LogP contribution in [0.15, 0.2) is 96.4 Å². The Morgan fingerprint density at radius 3 is 2.63 bits per heavy atom. The van der Waals surface area contributed by atoms with E-state index in [1.54, 1.807) is 20.0 Å². The van der Waals surface area contributed by atoms with E-state index in [-0.39, 0.29) is 11.6 Å². The minimum atomic E-state index is -0.219.